The number of rotatable bonds is 4. The van der Waals surface area contributed by atoms with Crippen LogP contribution in [0.1, 0.15) is 24.4 Å². The zero-order valence-electron chi connectivity index (χ0n) is 8.84. The molecule has 1 unspecified atom stereocenters. The third-order valence-corrected chi connectivity index (χ3v) is 2.10. The molecule has 0 aliphatic rings. The molecular weight excluding hydrogens is 212 g/mol. The molecule has 0 aliphatic carbocycles. The standard InChI is InChI=1S/C10H10N2O4/c1-6(2)7(5-11)10(13)8-3-4-9(16-8)12(14)15/h3-4,6-7H,1-2H3. The lowest BCUT2D eigenvalue weighted by atomic mass is 9.92. The second kappa shape index (κ2) is 4.57. The maximum Gasteiger partial charge on any atom is 0.433 e. The highest BCUT2D eigenvalue weighted by molar-refractivity contribution is 5.97. The predicted molar refractivity (Wildman–Crippen MR) is 53.6 cm³/mol. The van der Waals surface area contributed by atoms with Crippen LogP contribution in [0.2, 0.25) is 0 Å². The van der Waals surface area contributed by atoms with Crippen molar-refractivity contribution in [1.29, 1.82) is 5.26 Å². The SMILES string of the molecule is CC(C)C(C#N)C(=O)c1ccc([N+](=O)[O-])o1. The van der Waals surface area contributed by atoms with Crippen molar-refractivity contribution in [3.8, 4) is 6.07 Å². The predicted octanol–water partition coefficient (Wildman–Crippen LogP) is 2.17. The fourth-order valence-electron chi connectivity index (χ4n) is 1.22. The van der Waals surface area contributed by atoms with Crippen LogP contribution in [0.25, 0.3) is 0 Å². The van der Waals surface area contributed by atoms with Crippen molar-refractivity contribution in [2.24, 2.45) is 11.8 Å². The summed E-state index contributed by atoms with van der Waals surface area (Å²) in [7, 11) is 0. The Balaban J connectivity index is 2.97. The van der Waals surface area contributed by atoms with Crippen LogP contribution in [-0.2, 0) is 0 Å². The molecule has 1 rings (SSSR count). The third-order valence-electron chi connectivity index (χ3n) is 2.10. The van der Waals surface area contributed by atoms with E-state index >= 15 is 0 Å². The van der Waals surface area contributed by atoms with E-state index in [2.05, 4.69) is 0 Å². The number of hydrogen-bond donors (Lipinski definition) is 0. The molecular formula is C10H10N2O4. The number of furan rings is 1. The van der Waals surface area contributed by atoms with Gasteiger partial charge in [-0.2, -0.15) is 5.26 Å². The Labute approximate surface area is 91.6 Å². The minimum atomic E-state index is -0.842. The second-order valence-electron chi connectivity index (χ2n) is 3.61. The van der Waals surface area contributed by atoms with Gasteiger partial charge in [-0.3, -0.25) is 14.9 Å². The third kappa shape index (κ3) is 2.25. The maximum absolute atomic E-state index is 11.7. The molecule has 0 bridgehead atoms. The van der Waals surface area contributed by atoms with Gasteiger partial charge < -0.3 is 4.42 Å². The molecule has 0 spiro atoms. The van der Waals surface area contributed by atoms with E-state index in [9.17, 15) is 14.9 Å². The molecule has 1 aromatic rings. The molecule has 1 heterocycles. The first-order chi connectivity index (χ1) is 7.47. The van der Waals surface area contributed by atoms with Crippen LogP contribution < -0.4 is 0 Å². The highest BCUT2D eigenvalue weighted by Gasteiger charge is 2.27. The molecule has 1 aromatic heterocycles. The topological polar surface area (TPSA) is 97.1 Å². The van der Waals surface area contributed by atoms with E-state index < -0.39 is 22.5 Å². The summed E-state index contributed by atoms with van der Waals surface area (Å²) in [6, 6.07) is 4.17. The van der Waals surface area contributed by atoms with Crippen LogP contribution in [0.5, 0.6) is 0 Å². The Morgan fingerprint density at radius 3 is 2.56 bits per heavy atom. The Hall–Kier alpha value is -2.16. The highest BCUT2D eigenvalue weighted by Crippen LogP contribution is 2.21. The van der Waals surface area contributed by atoms with E-state index in [4.69, 9.17) is 9.68 Å². The van der Waals surface area contributed by atoms with Gasteiger partial charge in [-0.25, -0.2) is 0 Å². The number of nitriles is 1. The van der Waals surface area contributed by atoms with Crippen LogP contribution in [0.15, 0.2) is 16.5 Å². The van der Waals surface area contributed by atoms with Crippen LogP contribution in [0.3, 0.4) is 0 Å². The lowest BCUT2D eigenvalue weighted by Crippen LogP contribution is -2.18. The monoisotopic (exact) mass is 222 g/mol. The first-order valence-corrected chi connectivity index (χ1v) is 4.65. The molecule has 0 fully saturated rings. The Morgan fingerprint density at radius 1 is 1.56 bits per heavy atom. The minimum Gasteiger partial charge on any atom is -0.397 e. The number of carbonyl (C=O) groups is 1. The minimum absolute atomic E-state index is 0.146. The molecule has 6 heteroatoms. The van der Waals surface area contributed by atoms with Gasteiger partial charge in [0.05, 0.1) is 12.1 Å². The van der Waals surface area contributed by atoms with Gasteiger partial charge in [-0.1, -0.05) is 13.8 Å². The number of nitro groups is 1. The molecule has 0 saturated carbocycles. The highest BCUT2D eigenvalue weighted by atomic mass is 16.6. The Morgan fingerprint density at radius 2 is 2.19 bits per heavy atom. The van der Waals surface area contributed by atoms with Crippen LogP contribution in [0, 0.1) is 33.3 Å². The van der Waals surface area contributed by atoms with Crippen molar-refractivity contribution in [3.63, 3.8) is 0 Å². The first-order valence-electron chi connectivity index (χ1n) is 4.65. The summed E-state index contributed by atoms with van der Waals surface area (Å²) in [6.07, 6.45) is 0. The molecule has 1 atom stereocenters. The van der Waals surface area contributed by atoms with Gasteiger partial charge in [0.15, 0.2) is 5.76 Å². The summed E-state index contributed by atoms with van der Waals surface area (Å²) in [5, 5.41) is 19.1. The van der Waals surface area contributed by atoms with Crippen molar-refractivity contribution in [2.75, 3.05) is 0 Å². The number of nitrogens with zero attached hydrogens (tertiary/aromatic N) is 2. The zero-order valence-corrected chi connectivity index (χ0v) is 8.84. The van der Waals surface area contributed by atoms with Crippen molar-refractivity contribution in [2.45, 2.75) is 13.8 Å². The summed E-state index contributed by atoms with van der Waals surface area (Å²) >= 11 is 0. The lowest BCUT2D eigenvalue weighted by Gasteiger charge is -2.08. The van der Waals surface area contributed by atoms with Crippen LogP contribution in [0.4, 0.5) is 5.88 Å². The zero-order chi connectivity index (χ0) is 12.3. The van der Waals surface area contributed by atoms with Crippen molar-refractivity contribution in [1.82, 2.24) is 0 Å². The van der Waals surface area contributed by atoms with Crippen molar-refractivity contribution < 1.29 is 14.1 Å². The summed E-state index contributed by atoms with van der Waals surface area (Å²) in [5.74, 6) is -2.17. The molecule has 6 nitrogen and oxygen atoms in total. The van der Waals surface area contributed by atoms with Crippen molar-refractivity contribution >= 4 is 11.7 Å². The quantitative estimate of drug-likeness (QED) is 0.441. The maximum atomic E-state index is 11.7. The van der Waals surface area contributed by atoms with Crippen LogP contribution >= 0.6 is 0 Å². The molecule has 16 heavy (non-hydrogen) atoms. The molecule has 84 valence electrons. The summed E-state index contributed by atoms with van der Waals surface area (Å²) in [4.78, 5) is 21.3. The molecule has 0 aliphatic heterocycles. The van der Waals surface area contributed by atoms with Gasteiger partial charge in [-0.15, -0.1) is 0 Å². The van der Waals surface area contributed by atoms with E-state index in [1.165, 1.54) is 6.07 Å². The largest absolute Gasteiger partial charge is 0.433 e. The lowest BCUT2D eigenvalue weighted by molar-refractivity contribution is -0.402. The Kier molecular flexibility index (Phi) is 3.40. The molecule has 0 N–H and O–H groups in total. The van der Waals surface area contributed by atoms with Gasteiger partial charge in [0, 0.05) is 0 Å². The molecule has 0 radical (unpaired) electrons. The summed E-state index contributed by atoms with van der Waals surface area (Å²) < 4.78 is 4.74. The van der Waals surface area contributed by atoms with E-state index in [0.717, 1.165) is 6.07 Å². The van der Waals surface area contributed by atoms with Gasteiger partial charge >= 0.3 is 5.88 Å². The second-order valence-corrected chi connectivity index (χ2v) is 3.61. The fourth-order valence-corrected chi connectivity index (χ4v) is 1.22. The molecule has 0 aromatic carbocycles. The van der Waals surface area contributed by atoms with Crippen molar-refractivity contribution in [3.05, 3.63) is 28.0 Å². The average Bonchev–Trinajstić information content (AvgIpc) is 2.66. The summed E-state index contributed by atoms with van der Waals surface area (Å²) in [5.41, 5.74) is 0. The van der Waals surface area contributed by atoms with E-state index in [1.54, 1.807) is 13.8 Å². The van der Waals surface area contributed by atoms with Gasteiger partial charge in [-0.05, 0) is 12.0 Å². The number of carbonyl (C=O) groups excluding carboxylic acids is 1. The molecule has 0 saturated heterocycles. The van der Waals surface area contributed by atoms with Gasteiger partial charge in [0.1, 0.15) is 10.8 Å². The molecule has 0 amide bonds. The first kappa shape index (κ1) is 11.9. The van der Waals surface area contributed by atoms with Crippen LogP contribution in [-0.4, -0.2) is 10.7 Å². The van der Waals surface area contributed by atoms with E-state index in [-0.39, 0.29) is 11.7 Å². The number of hydrogen-bond acceptors (Lipinski definition) is 5. The normalized spacial score (nSPS) is 12.1. The summed E-state index contributed by atoms with van der Waals surface area (Å²) in [6.45, 7) is 3.45. The van der Waals surface area contributed by atoms with E-state index in [1.807, 2.05) is 6.07 Å². The van der Waals surface area contributed by atoms with Gasteiger partial charge in [0.2, 0.25) is 5.78 Å². The number of ketones is 1. The number of Topliss-reactive ketones (excluding diaryl/α,β-unsaturated/α-hetero) is 1. The Bertz CT molecular complexity index is 456. The fraction of sp³-hybridized carbons (Fsp3) is 0.400. The van der Waals surface area contributed by atoms with Gasteiger partial charge in [0.25, 0.3) is 0 Å². The average molecular weight is 222 g/mol. The smallest absolute Gasteiger partial charge is 0.397 e. The van der Waals surface area contributed by atoms with E-state index in [0.29, 0.717) is 0 Å².